The summed E-state index contributed by atoms with van der Waals surface area (Å²) >= 11 is 2.82. The third-order valence-corrected chi connectivity index (χ3v) is 5.48. The fraction of sp³-hybridized carbons (Fsp3) is 0.0714. The van der Waals surface area contributed by atoms with E-state index >= 15 is 0 Å². The van der Waals surface area contributed by atoms with Gasteiger partial charge in [-0.15, -0.1) is 11.3 Å². The number of thiazole rings is 1. The van der Waals surface area contributed by atoms with Gasteiger partial charge >= 0.3 is 0 Å². The van der Waals surface area contributed by atoms with Gasteiger partial charge in [0.2, 0.25) is 10.0 Å². The molecule has 3 rings (SSSR count). The highest BCUT2D eigenvalue weighted by atomic mass is 32.2. The maximum atomic E-state index is 11.3. The van der Waals surface area contributed by atoms with Gasteiger partial charge in [0.15, 0.2) is 4.34 Å². The summed E-state index contributed by atoms with van der Waals surface area (Å²) in [5.74, 6) is 0.0864. The van der Waals surface area contributed by atoms with Crippen LogP contribution in [-0.2, 0) is 10.0 Å². The van der Waals surface area contributed by atoms with E-state index in [4.69, 9.17) is 0 Å². The van der Waals surface area contributed by atoms with E-state index in [0.29, 0.717) is 10.6 Å². The van der Waals surface area contributed by atoms with Crippen LogP contribution in [0.1, 0.15) is 0 Å². The number of nitrogens with zero attached hydrogens (tertiary/aromatic N) is 1. The number of rotatable bonds is 4. The third kappa shape index (κ3) is 3.52. The van der Waals surface area contributed by atoms with Gasteiger partial charge in [0, 0.05) is 5.69 Å². The van der Waals surface area contributed by atoms with Gasteiger partial charge in [0.05, 0.1) is 21.4 Å². The number of phenolic OH excluding ortho intramolecular Hbond substituents is 1. The topological polar surface area (TPSA) is 79.3 Å². The Labute approximate surface area is 136 Å². The molecule has 114 valence electrons. The molecule has 0 saturated carbocycles. The van der Waals surface area contributed by atoms with Crippen molar-refractivity contribution in [2.45, 2.75) is 9.24 Å². The Bertz CT molecular complexity index is 902. The molecule has 0 spiro atoms. The van der Waals surface area contributed by atoms with Gasteiger partial charge in [0.25, 0.3) is 0 Å². The number of aromatic nitrogens is 1. The molecule has 2 aromatic carbocycles. The van der Waals surface area contributed by atoms with Gasteiger partial charge in [0.1, 0.15) is 5.75 Å². The molecule has 3 aromatic rings. The van der Waals surface area contributed by atoms with Crippen molar-refractivity contribution in [2.75, 3.05) is 11.0 Å². The second-order valence-electron chi connectivity index (χ2n) is 4.61. The average Bonchev–Trinajstić information content (AvgIpc) is 2.83. The lowest BCUT2D eigenvalue weighted by Crippen LogP contribution is -2.09. The summed E-state index contributed by atoms with van der Waals surface area (Å²) in [7, 11) is -3.35. The number of fused-ring (bicyclic) bond motifs is 1. The minimum atomic E-state index is -3.35. The van der Waals surface area contributed by atoms with Crippen LogP contribution in [0.3, 0.4) is 0 Å². The lowest BCUT2D eigenvalue weighted by atomic mass is 10.3. The lowest BCUT2D eigenvalue weighted by Gasteiger charge is -2.07. The molecule has 8 heteroatoms. The Kier molecular flexibility index (Phi) is 3.98. The Morgan fingerprint density at radius 3 is 2.73 bits per heavy atom. The summed E-state index contributed by atoms with van der Waals surface area (Å²) in [6.07, 6.45) is 1.08. The van der Waals surface area contributed by atoms with Gasteiger partial charge < -0.3 is 5.11 Å². The van der Waals surface area contributed by atoms with Crippen molar-refractivity contribution < 1.29 is 13.5 Å². The van der Waals surface area contributed by atoms with Crippen LogP contribution in [0.15, 0.2) is 51.7 Å². The first-order valence-electron chi connectivity index (χ1n) is 6.25. The Morgan fingerprint density at radius 1 is 1.23 bits per heavy atom. The molecule has 0 aliphatic carbocycles. The van der Waals surface area contributed by atoms with Gasteiger partial charge in [-0.2, -0.15) is 0 Å². The van der Waals surface area contributed by atoms with Crippen molar-refractivity contribution in [2.24, 2.45) is 0 Å². The average molecular weight is 352 g/mol. The zero-order chi connectivity index (χ0) is 15.7. The van der Waals surface area contributed by atoms with E-state index in [9.17, 15) is 13.5 Å². The first kappa shape index (κ1) is 15.1. The number of hydrogen-bond donors (Lipinski definition) is 2. The molecule has 0 saturated heterocycles. The number of phenols is 1. The van der Waals surface area contributed by atoms with Crippen LogP contribution in [-0.4, -0.2) is 24.8 Å². The summed E-state index contributed by atoms with van der Waals surface area (Å²) < 4.78 is 26.8. The number of anilines is 1. The molecule has 22 heavy (non-hydrogen) atoms. The summed E-state index contributed by atoms with van der Waals surface area (Å²) in [5.41, 5.74) is 1.31. The third-order valence-electron chi connectivity index (χ3n) is 2.73. The maximum absolute atomic E-state index is 11.3. The predicted octanol–water partition coefficient (Wildman–Crippen LogP) is 3.52. The molecule has 0 fully saturated rings. The molecule has 5 nitrogen and oxygen atoms in total. The molecule has 0 aliphatic rings. The molecule has 0 bridgehead atoms. The van der Waals surface area contributed by atoms with Crippen molar-refractivity contribution in [3.05, 3.63) is 42.5 Å². The second kappa shape index (κ2) is 5.79. The standard InChI is InChI=1S/C14H12N2O3S3/c1-22(18,19)16-9-6-7-11(17)13(8-9)21-14-15-10-4-2-3-5-12(10)20-14/h2-8,16-17H,1H3. The minimum Gasteiger partial charge on any atom is -0.507 e. The van der Waals surface area contributed by atoms with Crippen molar-refractivity contribution in [3.8, 4) is 5.75 Å². The zero-order valence-corrected chi connectivity index (χ0v) is 13.9. The maximum Gasteiger partial charge on any atom is 0.229 e. The van der Waals surface area contributed by atoms with Crippen LogP contribution in [0, 0.1) is 0 Å². The molecule has 0 atom stereocenters. The van der Waals surface area contributed by atoms with Crippen molar-refractivity contribution in [1.82, 2.24) is 4.98 Å². The summed E-state index contributed by atoms with van der Waals surface area (Å²) in [4.78, 5) is 5.03. The number of para-hydroxylation sites is 1. The monoisotopic (exact) mass is 352 g/mol. The van der Waals surface area contributed by atoms with E-state index in [1.807, 2.05) is 24.3 Å². The Morgan fingerprint density at radius 2 is 2.00 bits per heavy atom. The van der Waals surface area contributed by atoms with E-state index in [2.05, 4.69) is 9.71 Å². The number of aromatic hydroxyl groups is 1. The number of benzene rings is 2. The van der Waals surface area contributed by atoms with Gasteiger partial charge in [-0.05, 0) is 30.3 Å². The Hall–Kier alpha value is -1.77. The predicted molar refractivity (Wildman–Crippen MR) is 90.3 cm³/mol. The van der Waals surface area contributed by atoms with Crippen LogP contribution < -0.4 is 4.72 Å². The molecular weight excluding hydrogens is 340 g/mol. The van der Waals surface area contributed by atoms with E-state index in [1.54, 1.807) is 6.07 Å². The van der Waals surface area contributed by atoms with E-state index < -0.39 is 10.0 Å². The number of hydrogen-bond acceptors (Lipinski definition) is 6. The quantitative estimate of drug-likeness (QED) is 0.702. The van der Waals surface area contributed by atoms with Crippen LogP contribution in [0.5, 0.6) is 5.75 Å². The van der Waals surface area contributed by atoms with Crippen LogP contribution in [0.2, 0.25) is 0 Å². The highest BCUT2D eigenvalue weighted by Gasteiger charge is 2.11. The molecule has 0 radical (unpaired) electrons. The smallest absolute Gasteiger partial charge is 0.229 e. The molecule has 0 aliphatic heterocycles. The number of sulfonamides is 1. The highest BCUT2D eigenvalue weighted by Crippen LogP contribution is 2.39. The van der Waals surface area contributed by atoms with Gasteiger partial charge in [-0.1, -0.05) is 23.9 Å². The molecule has 2 N–H and O–H groups in total. The van der Waals surface area contributed by atoms with Crippen LogP contribution >= 0.6 is 23.1 Å². The van der Waals surface area contributed by atoms with E-state index in [1.165, 1.54) is 35.2 Å². The summed E-state index contributed by atoms with van der Waals surface area (Å²) in [5, 5.41) is 9.95. The van der Waals surface area contributed by atoms with E-state index in [0.717, 1.165) is 20.8 Å². The second-order valence-corrected chi connectivity index (χ2v) is 8.67. The largest absolute Gasteiger partial charge is 0.507 e. The molecule has 0 amide bonds. The fourth-order valence-electron chi connectivity index (χ4n) is 1.86. The first-order valence-corrected chi connectivity index (χ1v) is 9.77. The zero-order valence-electron chi connectivity index (χ0n) is 11.5. The Balaban J connectivity index is 1.92. The molecule has 1 heterocycles. The van der Waals surface area contributed by atoms with E-state index in [-0.39, 0.29) is 5.75 Å². The summed E-state index contributed by atoms with van der Waals surface area (Å²) in [6.45, 7) is 0. The van der Waals surface area contributed by atoms with Crippen LogP contribution in [0.4, 0.5) is 5.69 Å². The normalized spacial score (nSPS) is 11.7. The number of nitrogens with one attached hydrogen (secondary N) is 1. The minimum absolute atomic E-state index is 0.0864. The first-order chi connectivity index (χ1) is 10.4. The summed E-state index contributed by atoms with van der Waals surface area (Å²) in [6, 6.07) is 12.3. The molecular formula is C14H12N2O3S3. The molecule has 0 unspecified atom stereocenters. The SMILES string of the molecule is CS(=O)(=O)Nc1ccc(O)c(Sc2nc3ccccc3s2)c1. The molecule has 1 aromatic heterocycles. The van der Waals surface area contributed by atoms with Crippen LogP contribution in [0.25, 0.3) is 10.2 Å². The van der Waals surface area contributed by atoms with Gasteiger partial charge in [-0.25, -0.2) is 13.4 Å². The van der Waals surface area contributed by atoms with Crippen molar-refractivity contribution in [3.63, 3.8) is 0 Å². The van der Waals surface area contributed by atoms with Crippen molar-refractivity contribution in [1.29, 1.82) is 0 Å². The van der Waals surface area contributed by atoms with Crippen molar-refractivity contribution >= 4 is 49.0 Å². The fourth-order valence-corrected chi connectivity index (χ4v) is 4.51. The lowest BCUT2D eigenvalue weighted by molar-refractivity contribution is 0.462. The highest BCUT2D eigenvalue weighted by molar-refractivity contribution is 8.01. The van der Waals surface area contributed by atoms with Gasteiger partial charge in [-0.3, -0.25) is 4.72 Å².